The number of halogens is 1. The smallest absolute Gasteiger partial charge is 0.241 e. The van der Waals surface area contributed by atoms with Crippen LogP contribution in [0.1, 0.15) is 52.0 Å². The molecule has 1 saturated carbocycles. The van der Waals surface area contributed by atoms with E-state index in [2.05, 4.69) is 31.3 Å². The van der Waals surface area contributed by atoms with Gasteiger partial charge in [-0.25, -0.2) is 5.43 Å². The lowest BCUT2D eigenvalue weighted by Crippen LogP contribution is -2.42. The van der Waals surface area contributed by atoms with Crippen LogP contribution in [-0.4, -0.2) is 18.2 Å². The Kier molecular flexibility index (Phi) is 4.13. The van der Waals surface area contributed by atoms with Gasteiger partial charge >= 0.3 is 0 Å². The Bertz CT molecular complexity index is 663. The number of hydrogen-bond donors (Lipinski definition) is 1. The van der Waals surface area contributed by atoms with Crippen LogP contribution >= 0.6 is 11.6 Å². The fraction of sp³-hybridized carbons (Fsp3) is 0.556. The van der Waals surface area contributed by atoms with Crippen molar-refractivity contribution in [2.24, 2.45) is 10.5 Å². The number of rotatable bonds is 3. The number of hydrazone groups is 1. The molecule has 1 amide bonds. The van der Waals surface area contributed by atoms with Crippen molar-refractivity contribution in [1.29, 1.82) is 0 Å². The molecular formula is C18H23ClN2O2. The van der Waals surface area contributed by atoms with Crippen molar-refractivity contribution < 1.29 is 9.53 Å². The zero-order valence-corrected chi connectivity index (χ0v) is 14.7. The summed E-state index contributed by atoms with van der Waals surface area (Å²) in [7, 11) is 0. The Hall–Kier alpha value is -1.55. The Morgan fingerprint density at radius 2 is 2.17 bits per heavy atom. The molecule has 1 unspecified atom stereocenters. The first kappa shape index (κ1) is 16.3. The van der Waals surface area contributed by atoms with Crippen molar-refractivity contribution in [2.75, 3.05) is 6.61 Å². The Morgan fingerprint density at radius 3 is 2.87 bits per heavy atom. The molecule has 1 N–H and O–H groups in total. The minimum atomic E-state index is -0.283. The fourth-order valence-electron chi connectivity index (χ4n) is 3.36. The summed E-state index contributed by atoms with van der Waals surface area (Å²) in [6, 6.07) is 5.89. The van der Waals surface area contributed by atoms with Gasteiger partial charge in [-0.05, 0) is 42.4 Å². The van der Waals surface area contributed by atoms with E-state index in [1.165, 1.54) is 0 Å². The first-order valence-electron chi connectivity index (χ1n) is 8.09. The van der Waals surface area contributed by atoms with Crippen LogP contribution in [-0.2, 0) is 10.2 Å². The van der Waals surface area contributed by atoms with Crippen LogP contribution in [0.5, 0.6) is 5.75 Å². The van der Waals surface area contributed by atoms with Crippen molar-refractivity contribution >= 4 is 23.2 Å². The van der Waals surface area contributed by atoms with Gasteiger partial charge in [-0.15, -0.1) is 0 Å². The Balaban J connectivity index is 1.89. The second-order valence-electron chi connectivity index (χ2n) is 7.70. The van der Waals surface area contributed by atoms with E-state index in [1.54, 1.807) is 0 Å². The monoisotopic (exact) mass is 334 g/mol. The number of amides is 1. The maximum Gasteiger partial charge on any atom is 0.241 e. The van der Waals surface area contributed by atoms with Gasteiger partial charge in [0.25, 0.3) is 0 Å². The van der Waals surface area contributed by atoms with Gasteiger partial charge in [-0.2, -0.15) is 5.10 Å². The number of ether oxygens (including phenoxy) is 1. The Morgan fingerprint density at radius 1 is 1.39 bits per heavy atom. The molecule has 0 bridgehead atoms. The molecule has 1 aromatic carbocycles. The van der Waals surface area contributed by atoms with Crippen LogP contribution < -0.4 is 10.2 Å². The summed E-state index contributed by atoms with van der Waals surface area (Å²) >= 11 is 6.44. The molecule has 0 saturated heterocycles. The molecule has 4 nitrogen and oxygen atoms in total. The van der Waals surface area contributed by atoms with E-state index in [4.69, 9.17) is 16.3 Å². The predicted molar refractivity (Wildman–Crippen MR) is 92.1 cm³/mol. The van der Waals surface area contributed by atoms with E-state index in [9.17, 15) is 4.79 Å². The molecule has 0 aromatic heterocycles. The third-order valence-corrected chi connectivity index (χ3v) is 4.79. The molecule has 5 heteroatoms. The average molecular weight is 335 g/mol. The van der Waals surface area contributed by atoms with Crippen LogP contribution in [0, 0.1) is 5.41 Å². The summed E-state index contributed by atoms with van der Waals surface area (Å²) in [6.45, 7) is 6.97. The molecule has 3 rings (SSSR count). The zero-order chi connectivity index (χ0) is 16.7. The van der Waals surface area contributed by atoms with Gasteiger partial charge in [0, 0.05) is 17.5 Å². The van der Waals surface area contributed by atoms with Crippen LogP contribution in [0.3, 0.4) is 0 Å². The molecule has 23 heavy (non-hydrogen) atoms. The van der Waals surface area contributed by atoms with Gasteiger partial charge in [0.15, 0.2) is 0 Å². The normalized spacial score (nSPS) is 24.0. The lowest BCUT2D eigenvalue weighted by atomic mass is 9.74. The number of hydrogen-bond acceptors (Lipinski definition) is 3. The maximum atomic E-state index is 11.9. The van der Waals surface area contributed by atoms with E-state index in [0.717, 1.165) is 30.5 Å². The molecular weight excluding hydrogens is 312 g/mol. The number of nitrogens with one attached hydrogen (secondary N) is 1. The number of carbonyl (C=O) groups excluding carboxylic acids is 1. The lowest BCUT2D eigenvalue weighted by Gasteiger charge is -2.33. The molecule has 1 heterocycles. The molecule has 1 aliphatic carbocycles. The van der Waals surface area contributed by atoms with Gasteiger partial charge < -0.3 is 4.74 Å². The number of fused-ring (bicyclic) bond motifs is 1. The van der Waals surface area contributed by atoms with Gasteiger partial charge in [0.05, 0.1) is 11.6 Å². The molecule has 2 aliphatic rings. The van der Waals surface area contributed by atoms with E-state index in [1.807, 2.05) is 18.2 Å². The van der Waals surface area contributed by atoms with E-state index < -0.39 is 0 Å². The van der Waals surface area contributed by atoms with Crippen LogP contribution in [0.4, 0.5) is 0 Å². The highest BCUT2D eigenvalue weighted by Gasteiger charge is 2.45. The summed E-state index contributed by atoms with van der Waals surface area (Å²) in [5.74, 6) is 0.665. The topological polar surface area (TPSA) is 50.7 Å². The lowest BCUT2D eigenvalue weighted by molar-refractivity contribution is -0.122. The standard InChI is InChI=1S/C18H23ClN2O2/c1-17(2,3)11-23-14-7-6-12(9-13(14)19)18-8-4-5-15(18)20-21-16(22)10-18/h6-7,9H,4-5,8,10-11H2,1-3H3,(H,21,22). The molecule has 1 aromatic rings. The minimum Gasteiger partial charge on any atom is -0.491 e. The van der Waals surface area contributed by atoms with Crippen LogP contribution in [0.25, 0.3) is 0 Å². The predicted octanol–water partition coefficient (Wildman–Crippen LogP) is 4.06. The molecule has 1 atom stereocenters. The second kappa shape index (κ2) is 5.82. The van der Waals surface area contributed by atoms with Crippen molar-refractivity contribution in [2.45, 2.75) is 51.9 Å². The summed E-state index contributed by atoms with van der Waals surface area (Å²) in [5, 5.41) is 4.88. The highest BCUT2D eigenvalue weighted by molar-refractivity contribution is 6.32. The van der Waals surface area contributed by atoms with E-state index >= 15 is 0 Å². The number of benzene rings is 1. The summed E-state index contributed by atoms with van der Waals surface area (Å²) in [4.78, 5) is 11.9. The maximum absolute atomic E-state index is 11.9. The van der Waals surface area contributed by atoms with Gasteiger partial charge in [-0.1, -0.05) is 38.4 Å². The summed E-state index contributed by atoms with van der Waals surface area (Å²) < 4.78 is 5.83. The zero-order valence-electron chi connectivity index (χ0n) is 13.9. The van der Waals surface area contributed by atoms with E-state index in [0.29, 0.717) is 23.8 Å². The van der Waals surface area contributed by atoms with Crippen molar-refractivity contribution in [1.82, 2.24) is 5.43 Å². The second-order valence-corrected chi connectivity index (χ2v) is 8.11. The fourth-order valence-corrected chi connectivity index (χ4v) is 3.60. The molecule has 124 valence electrons. The van der Waals surface area contributed by atoms with Crippen LogP contribution in [0.2, 0.25) is 5.02 Å². The largest absolute Gasteiger partial charge is 0.491 e. The molecule has 0 spiro atoms. The summed E-state index contributed by atoms with van der Waals surface area (Å²) in [6.07, 6.45) is 3.37. The van der Waals surface area contributed by atoms with Crippen molar-refractivity contribution in [3.63, 3.8) is 0 Å². The third kappa shape index (κ3) is 3.23. The molecule has 1 fully saturated rings. The quantitative estimate of drug-likeness (QED) is 0.906. The highest BCUT2D eigenvalue weighted by Crippen LogP contribution is 2.45. The summed E-state index contributed by atoms with van der Waals surface area (Å²) in [5.41, 5.74) is 4.53. The third-order valence-electron chi connectivity index (χ3n) is 4.49. The van der Waals surface area contributed by atoms with Crippen molar-refractivity contribution in [3.05, 3.63) is 28.8 Å². The first-order chi connectivity index (χ1) is 10.8. The SMILES string of the molecule is CC(C)(C)COc1ccc(C23CCCC2=NNC(=O)C3)cc1Cl. The van der Waals surface area contributed by atoms with Gasteiger partial charge in [0.2, 0.25) is 5.91 Å². The first-order valence-corrected chi connectivity index (χ1v) is 8.47. The average Bonchev–Trinajstić information content (AvgIpc) is 2.89. The highest BCUT2D eigenvalue weighted by atomic mass is 35.5. The van der Waals surface area contributed by atoms with Gasteiger partial charge in [0.1, 0.15) is 5.75 Å². The van der Waals surface area contributed by atoms with Crippen molar-refractivity contribution in [3.8, 4) is 5.75 Å². The molecule has 1 aliphatic heterocycles. The van der Waals surface area contributed by atoms with E-state index in [-0.39, 0.29) is 16.7 Å². The Labute approximate surface area is 142 Å². The minimum absolute atomic E-state index is 0.0279. The number of carbonyl (C=O) groups is 1. The van der Waals surface area contributed by atoms with Gasteiger partial charge in [-0.3, -0.25) is 4.79 Å². The molecule has 0 radical (unpaired) electrons. The number of nitrogens with zero attached hydrogens (tertiary/aromatic N) is 1. The van der Waals surface area contributed by atoms with Crippen LogP contribution in [0.15, 0.2) is 23.3 Å².